The Morgan fingerprint density at radius 2 is 0.859 bits per heavy atom. The molecule has 0 aliphatic heterocycles. The van der Waals surface area contributed by atoms with Gasteiger partial charge < -0.3 is 18.0 Å². The Balaban J connectivity index is 1.02. The van der Waals surface area contributed by atoms with Gasteiger partial charge in [0, 0.05) is 65.5 Å². The zero-order valence-electron chi connectivity index (χ0n) is 34.1. The molecule has 14 rings (SSSR count). The summed E-state index contributed by atoms with van der Waals surface area (Å²) in [5.41, 5.74) is 12.6. The number of rotatable bonds is 5. The smallest absolute Gasteiger partial charge is 0.164 e. The Bertz CT molecular complexity index is 4210. The van der Waals surface area contributed by atoms with Gasteiger partial charge in [-0.1, -0.05) is 115 Å². The van der Waals surface area contributed by atoms with Crippen LogP contribution in [0.2, 0.25) is 0 Å². The molecule has 0 radical (unpaired) electrons. The largest absolute Gasteiger partial charge is 0.456 e. The van der Waals surface area contributed by atoms with E-state index in [1.807, 2.05) is 60.7 Å². The summed E-state index contributed by atoms with van der Waals surface area (Å²) in [5, 5.41) is 8.70. The molecule has 0 aliphatic carbocycles. The number of fused-ring (bicyclic) bond motifs is 12. The van der Waals surface area contributed by atoms with Gasteiger partial charge in [-0.25, -0.2) is 15.0 Å². The molecule has 7 heteroatoms. The lowest BCUT2D eigenvalue weighted by Crippen LogP contribution is -2.01. The van der Waals surface area contributed by atoms with E-state index in [-0.39, 0.29) is 0 Å². The van der Waals surface area contributed by atoms with Gasteiger partial charge in [0.1, 0.15) is 22.3 Å². The minimum atomic E-state index is 0.567. The van der Waals surface area contributed by atoms with Gasteiger partial charge in [0.25, 0.3) is 0 Å². The Morgan fingerprint density at radius 1 is 0.328 bits per heavy atom. The molecule has 0 unspecified atom stereocenters. The van der Waals surface area contributed by atoms with Gasteiger partial charge in [-0.05, 0) is 84.9 Å². The Morgan fingerprint density at radius 3 is 1.66 bits per heavy atom. The Kier molecular flexibility index (Phi) is 7.27. The van der Waals surface area contributed by atoms with E-state index in [0.29, 0.717) is 17.5 Å². The van der Waals surface area contributed by atoms with Gasteiger partial charge in [-0.3, -0.25) is 0 Å². The summed E-state index contributed by atoms with van der Waals surface area (Å²) in [6.07, 6.45) is 0. The molecular weight excluding hydrogens is 787 g/mol. The first-order chi connectivity index (χ1) is 31.7. The summed E-state index contributed by atoms with van der Waals surface area (Å²) in [7, 11) is 0. The first kappa shape index (κ1) is 34.9. The molecule has 0 saturated carbocycles. The molecule has 0 atom stereocenters. The van der Waals surface area contributed by atoms with Crippen molar-refractivity contribution in [3.63, 3.8) is 0 Å². The fourth-order valence-electron chi connectivity index (χ4n) is 9.98. The van der Waals surface area contributed by atoms with E-state index in [0.717, 1.165) is 99.3 Å². The number of nitrogens with zero attached hydrogens (tertiary/aromatic N) is 5. The fraction of sp³-hybridized carbons (Fsp3) is 0. The number of hydrogen-bond donors (Lipinski definition) is 0. The van der Waals surface area contributed by atoms with Gasteiger partial charge in [0.15, 0.2) is 17.5 Å². The normalized spacial score (nSPS) is 12.1. The van der Waals surface area contributed by atoms with E-state index in [1.54, 1.807) is 0 Å². The lowest BCUT2D eigenvalue weighted by Gasteiger charge is -2.14. The van der Waals surface area contributed by atoms with E-state index in [2.05, 4.69) is 149 Å². The van der Waals surface area contributed by atoms with Crippen LogP contribution in [0, 0.1) is 0 Å². The first-order valence-electron chi connectivity index (χ1n) is 21.4. The average Bonchev–Trinajstić information content (AvgIpc) is 4.11. The highest BCUT2D eigenvalue weighted by atomic mass is 16.3. The Hall–Kier alpha value is -8.81. The highest BCUT2D eigenvalue weighted by Crippen LogP contribution is 2.42. The van der Waals surface area contributed by atoms with E-state index in [9.17, 15) is 0 Å². The van der Waals surface area contributed by atoms with Crippen LogP contribution in [0.5, 0.6) is 0 Å². The second-order valence-corrected chi connectivity index (χ2v) is 16.3. The third-order valence-electron chi connectivity index (χ3n) is 12.8. The van der Waals surface area contributed by atoms with E-state index in [1.165, 1.54) is 16.3 Å². The summed E-state index contributed by atoms with van der Waals surface area (Å²) in [6.45, 7) is 0. The quantitative estimate of drug-likeness (QED) is 0.173. The van der Waals surface area contributed by atoms with Gasteiger partial charge >= 0.3 is 0 Å². The number of aromatic nitrogens is 5. The van der Waals surface area contributed by atoms with E-state index >= 15 is 0 Å². The summed E-state index contributed by atoms with van der Waals surface area (Å²) in [4.78, 5) is 15.8. The molecule has 0 saturated heterocycles. The van der Waals surface area contributed by atoms with Crippen LogP contribution < -0.4 is 0 Å². The molecule has 0 N–H and O–H groups in total. The molecule has 5 heterocycles. The topological polar surface area (TPSA) is 74.8 Å². The Labute approximate surface area is 364 Å². The van der Waals surface area contributed by atoms with Crippen LogP contribution in [0.1, 0.15) is 0 Å². The zero-order chi connectivity index (χ0) is 41.9. The van der Waals surface area contributed by atoms with Crippen LogP contribution in [-0.4, -0.2) is 24.1 Å². The van der Waals surface area contributed by atoms with Crippen molar-refractivity contribution >= 4 is 87.5 Å². The van der Waals surface area contributed by atoms with Crippen molar-refractivity contribution in [3.05, 3.63) is 200 Å². The maximum Gasteiger partial charge on any atom is 0.164 e. The summed E-state index contributed by atoms with van der Waals surface area (Å²) in [5.74, 6) is 1.71. The van der Waals surface area contributed by atoms with Crippen LogP contribution in [0.15, 0.2) is 209 Å². The molecule has 0 aliphatic rings. The van der Waals surface area contributed by atoms with Gasteiger partial charge in [-0.15, -0.1) is 0 Å². The molecule has 7 nitrogen and oxygen atoms in total. The molecule has 0 spiro atoms. The molecule has 9 aromatic carbocycles. The predicted molar refractivity (Wildman–Crippen MR) is 259 cm³/mol. The van der Waals surface area contributed by atoms with Gasteiger partial charge in [0.05, 0.1) is 27.8 Å². The van der Waals surface area contributed by atoms with Crippen LogP contribution in [0.4, 0.5) is 0 Å². The zero-order valence-corrected chi connectivity index (χ0v) is 34.1. The minimum absolute atomic E-state index is 0.567. The summed E-state index contributed by atoms with van der Waals surface area (Å²) < 4.78 is 17.4. The van der Waals surface area contributed by atoms with Crippen molar-refractivity contribution in [1.29, 1.82) is 0 Å². The average molecular weight is 820 g/mol. The van der Waals surface area contributed by atoms with Crippen molar-refractivity contribution in [2.75, 3.05) is 0 Å². The molecule has 0 amide bonds. The number of furan rings is 2. The minimum Gasteiger partial charge on any atom is -0.456 e. The van der Waals surface area contributed by atoms with Crippen molar-refractivity contribution in [2.45, 2.75) is 0 Å². The standard InChI is InChI=1S/C57H33N5O2/c1-2-14-36(15-3-1)61-45-22-8-4-16-37(45)40-20-12-24-48(54(40)61)62-46-23-9-5-17-38(46)43-32-34(28-30-47(43)62)55-58-56(35-29-31-51-44(33-35)39-18-6-10-25-49(39)63-51)60-57(59-55)42-21-13-27-52-53(42)41-19-7-11-26-50(41)64-52/h1-33H. The third-order valence-corrected chi connectivity index (χ3v) is 12.8. The van der Waals surface area contributed by atoms with Crippen molar-refractivity contribution in [3.8, 4) is 45.5 Å². The lowest BCUT2D eigenvalue weighted by atomic mass is 10.0. The molecule has 14 aromatic rings. The number of benzene rings is 9. The maximum atomic E-state index is 6.34. The second kappa shape index (κ2) is 13.3. The molecule has 0 bridgehead atoms. The SMILES string of the molecule is c1ccc(-n2c3ccccc3c3cccc(-n4c5ccccc5c5cc(-c6nc(-c7ccc8oc9ccccc9c8c7)nc(-c7cccc8oc9ccccc9c78)n6)ccc54)c32)cc1. The van der Waals surface area contributed by atoms with E-state index in [4.69, 9.17) is 23.8 Å². The fourth-order valence-corrected chi connectivity index (χ4v) is 9.98. The summed E-state index contributed by atoms with van der Waals surface area (Å²) >= 11 is 0. The molecular formula is C57H33N5O2. The predicted octanol–water partition coefficient (Wildman–Crippen LogP) is 14.9. The first-order valence-corrected chi connectivity index (χ1v) is 21.4. The van der Waals surface area contributed by atoms with Gasteiger partial charge in [0.2, 0.25) is 0 Å². The molecule has 64 heavy (non-hydrogen) atoms. The van der Waals surface area contributed by atoms with Crippen LogP contribution in [0.25, 0.3) is 133 Å². The maximum absolute atomic E-state index is 6.34. The van der Waals surface area contributed by atoms with E-state index < -0.39 is 0 Å². The molecule has 298 valence electrons. The van der Waals surface area contributed by atoms with Crippen molar-refractivity contribution < 1.29 is 8.83 Å². The van der Waals surface area contributed by atoms with Crippen molar-refractivity contribution in [2.24, 2.45) is 0 Å². The summed E-state index contributed by atoms with van der Waals surface area (Å²) in [6, 6.07) is 69.8. The monoisotopic (exact) mass is 819 g/mol. The van der Waals surface area contributed by atoms with Crippen LogP contribution in [-0.2, 0) is 0 Å². The number of hydrogen-bond acceptors (Lipinski definition) is 5. The third kappa shape index (κ3) is 5.06. The molecule has 5 aromatic heterocycles. The van der Waals surface area contributed by atoms with Crippen molar-refractivity contribution in [1.82, 2.24) is 24.1 Å². The highest BCUT2D eigenvalue weighted by molar-refractivity contribution is 6.16. The second-order valence-electron chi connectivity index (χ2n) is 16.3. The number of para-hydroxylation sites is 6. The van der Waals surface area contributed by atoms with Gasteiger partial charge in [-0.2, -0.15) is 0 Å². The lowest BCUT2D eigenvalue weighted by molar-refractivity contribution is 0.668. The highest BCUT2D eigenvalue weighted by Gasteiger charge is 2.22. The molecule has 0 fully saturated rings. The van der Waals surface area contributed by atoms with Crippen LogP contribution in [0.3, 0.4) is 0 Å². The van der Waals surface area contributed by atoms with Crippen LogP contribution >= 0.6 is 0 Å².